The third-order valence-electron chi connectivity index (χ3n) is 5.14. The van der Waals surface area contributed by atoms with Gasteiger partial charge in [-0.1, -0.05) is 78.0 Å². The van der Waals surface area contributed by atoms with Crippen LogP contribution in [0, 0.1) is 13.8 Å². The zero-order valence-electron chi connectivity index (χ0n) is 19.0. The molecule has 0 unspecified atom stereocenters. The number of imide groups is 1. The standard InChI is InChI=1S/C26H25N5O2S/c1-18-13-14-22(19(2)15-18)27-25(33)28-24(32)17-34-26-30-29-23(16-20-9-5-3-6-10-20)31(26)21-11-7-4-8-12-21/h3-15H,16-17H2,1-2H3,(H2,27,28,32,33). The number of aromatic nitrogens is 3. The second-order valence-corrected chi connectivity index (χ2v) is 8.78. The van der Waals surface area contributed by atoms with E-state index in [0.29, 0.717) is 17.3 Å². The first-order chi connectivity index (χ1) is 16.5. The highest BCUT2D eigenvalue weighted by atomic mass is 32.2. The van der Waals surface area contributed by atoms with Crippen molar-refractivity contribution in [3.8, 4) is 5.69 Å². The van der Waals surface area contributed by atoms with E-state index in [1.807, 2.05) is 97.3 Å². The summed E-state index contributed by atoms with van der Waals surface area (Å²) in [6.45, 7) is 3.89. The van der Waals surface area contributed by atoms with E-state index in [4.69, 9.17) is 0 Å². The van der Waals surface area contributed by atoms with Gasteiger partial charge in [-0.05, 0) is 43.2 Å². The first-order valence-corrected chi connectivity index (χ1v) is 11.8. The number of hydrogen-bond acceptors (Lipinski definition) is 5. The molecule has 1 aromatic heterocycles. The van der Waals surface area contributed by atoms with Crippen LogP contribution in [0.5, 0.6) is 0 Å². The Bertz CT molecular complexity index is 1290. The smallest absolute Gasteiger partial charge is 0.307 e. The number of urea groups is 1. The number of benzene rings is 3. The largest absolute Gasteiger partial charge is 0.325 e. The topological polar surface area (TPSA) is 88.9 Å². The Balaban J connectivity index is 1.44. The summed E-state index contributed by atoms with van der Waals surface area (Å²) in [4.78, 5) is 24.7. The van der Waals surface area contributed by atoms with E-state index in [1.165, 1.54) is 11.8 Å². The van der Waals surface area contributed by atoms with Crippen LogP contribution in [0.3, 0.4) is 0 Å². The zero-order valence-corrected chi connectivity index (χ0v) is 19.8. The highest BCUT2D eigenvalue weighted by Gasteiger charge is 2.17. The summed E-state index contributed by atoms with van der Waals surface area (Å²) in [6, 6.07) is 24.9. The van der Waals surface area contributed by atoms with Crippen LogP contribution in [-0.4, -0.2) is 32.5 Å². The van der Waals surface area contributed by atoms with Crippen molar-refractivity contribution in [2.75, 3.05) is 11.1 Å². The van der Waals surface area contributed by atoms with Crippen LogP contribution in [0.4, 0.5) is 10.5 Å². The average Bonchev–Trinajstić information content (AvgIpc) is 3.23. The molecule has 3 amide bonds. The SMILES string of the molecule is Cc1ccc(NC(=O)NC(=O)CSc2nnc(Cc3ccccc3)n2-c2ccccc2)c(C)c1. The molecular formula is C26H25N5O2S. The Labute approximate surface area is 202 Å². The molecule has 0 saturated heterocycles. The van der Waals surface area contributed by atoms with Crippen LogP contribution in [0.2, 0.25) is 0 Å². The molecule has 172 valence electrons. The molecule has 0 saturated carbocycles. The van der Waals surface area contributed by atoms with Gasteiger partial charge >= 0.3 is 6.03 Å². The predicted molar refractivity (Wildman–Crippen MR) is 134 cm³/mol. The van der Waals surface area contributed by atoms with Crippen LogP contribution in [0.15, 0.2) is 84.0 Å². The van der Waals surface area contributed by atoms with Crippen molar-refractivity contribution in [3.05, 3.63) is 101 Å². The molecule has 0 radical (unpaired) electrons. The van der Waals surface area contributed by atoms with Gasteiger partial charge < -0.3 is 5.32 Å². The van der Waals surface area contributed by atoms with Gasteiger partial charge in [0.05, 0.1) is 5.75 Å². The summed E-state index contributed by atoms with van der Waals surface area (Å²) in [6.07, 6.45) is 0.605. The lowest BCUT2D eigenvalue weighted by atomic mass is 10.1. The average molecular weight is 472 g/mol. The number of para-hydroxylation sites is 1. The Morgan fingerprint density at radius 2 is 1.62 bits per heavy atom. The van der Waals surface area contributed by atoms with Gasteiger partial charge in [0.1, 0.15) is 5.82 Å². The molecule has 7 nitrogen and oxygen atoms in total. The van der Waals surface area contributed by atoms with E-state index in [-0.39, 0.29) is 5.75 Å². The summed E-state index contributed by atoms with van der Waals surface area (Å²) < 4.78 is 1.95. The normalized spacial score (nSPS) is 10.6. The van der Waals surface area contributed by atoms with E-state index in [1.54, 1.807) is 0 Å². The number of carbonyl (C=O) groups is 2. The Morgan fingerprint density at radius 1 is 0.912 bits per heavy atom. The Hall–Kier alpha value is -3.91. The third-order valence-corrected chi connectivity index (χ3v) is 6.06. The number of anilines is 1. The van der Waals surface area contributed by atoms with Crippen LogP contribution in [0.1, 0.15) is 22.5 Å². The number of thioether (sulfide) groups is 1. The molecule has 0 aliphatic rings. The second-order valence-electron chi connectivity index (χ2n) is 7.84. The Kier molecular flexibility index (Phi) is 7.39. The lowest BCUT2D eigenvalue weighted by Gasteiger charge is -2.11. The molecule has 0 aliphatic heterocycles. The molecule has 3 aromatic carbocycles. The van der Waals surface area contributed by atoms with Crippen LogP contribution < -0.4 is 10.6 Å². The summed E-state index contributed by atoms with van der Waals surface area (Å²) in [5.41, 5.74) is 4.72. The number of hydrogen-bond donors (Lipinski definition) is 2. The van der Waals surface area contributed by atoms with Crippen LogP contribution >= 0.6 is 11.8 Å². The fourth-order valence-electron chi connectivity index (χ4n) is 3.52. The monoisotopic (exact) mass is 471 g/mol. The van der Waals surface area contributed by atoms with Crippen molar-refractivity contribution in [2.45, 2.75) is 25.4 Å². The molecule has 1 heterocycles. The van der Waals surface area contributed by atoms with E-state index in [0.717, 1.165) is 28.2 Å². The Morgan fingerprint density at radius 3 is 2.32 bits per heavy atom. The summed E-state index contributed by atoms with van der Waals surface area (Å²) in [5.74, 6) is 0.378. The fraction of sp³-hybridized carbons (Fsp3) is 0.154. The van der Waals surface area contributed by atoms with Gasteiger partial charge in [0, 0.05) is 17.8 Å². The number of rotatable bonds is 7. The lowest BCUT2D eigenvalue weighted by molar-refractivity contribution is -0.117. The lowest BCUT2D eigenvalue weighted by Crippen LogP contribution is -2.35. The molecule has 4 aromatic rings. The molecule has 34 heavy (non-hydrogen) atoms. The molecule has 0 fully saturated rings. The van der Waals surface area contributed by atoms with Gasteiger partial charge in [0.15, 0.2) is 5.16 Å². The summed E-state index contributed by atoms with van der Waals surface area (Å²) in [7, 11) is 0. The summed E-state index contributed by atoms with van der Waals surface area (Å²) in [5, 5.41) is 14.4. The zero-order chi connectivity index (χ0) is 23.9. The van der Waals surface area contributed by atoms with Crippen molar-refractivity contribution >= 4 is 29.4 Å². The maximum Gasteiger partial charge on any atom is 0.325 e. The molecule has 2 N–H and O–H groups in total. The molecule has 8 heteroatoms. The van der Waals surface area contributed by atoms with E-state index in [9.17, 15) is 9.59 Å². The van der Waals surface area contributed by atoms with Gasteiger partial charge in [0.2, 0.25) is 5.91 Å². The van der Waals surface area contributed by atoms with E-state index in [2.05, 4.69) is 20.8 Å². The molecule has 0 bridgehead atoms. The van der Waals surface area contributed by atoms with Crippen molar-refractivity contribution < 1.29 is 9.59 Å². The summed E-state index contributed by atoms with van der Waals surface area (Å²) >= 11 is 1.23. The van der Waals surface area contributed by atoms with E-state index >= 15 is 0 Å². The highest BCUT2D eigenvalue weighted by Crippen LogP contribution is 2.23. The molecule has 0 atom stereocenters. The number of aryl methyl sites for hydroxylation is 2. The quantitative estimate of drug-likeness (QED) is 0.374. The van der Waals surface area contributed by atoms with E-state index < -0.39 is 11.9 Å². The van der Waals surface area contributed by atoms with Crippen molar-refractivity contribution in [3.63, 3.8) is 0 Å². The second kappa shape index (κ2) is 10.8. The molecule has 0 spiro atoms. The van der Waals surface area contributed by atoms with Gasteiger partial charge in [-0.25, -0.2) is 4.79 Å². The minimum absolute atomic E-state index is 0.0244. The minimum atomic E-state index is -0.563. The predicted octanol–water partition coefficient (Wildman–Crippen LogP) is 4.92. The first-order valence-electron chi connectivity index (χ1n) is 10.8. The fourth-order valence-corrected chi connectivity index (χ4v) is 4.29. The van der Waals surface area contributed by atoms with Gasteiger partial charge in [0.25, 0.3) is 0 Å². The molecule has 4 rings (SSSR count). The maximum atomic E-state index is 12.5. The van der Waals surface area contributed by atoms with Gasteiger partial charge in [-0.15, -0.1) is 10.2 Å². The first kappa shape index (κ1) is 23.3. The van der Waals surface area contributed by atoms with Crippen LogP contribution in [-0.2, 0) is 11.2 Å². The number of amides is 3. The number of carbonyl (C=O) groups excluding carboxylic acids is 2. The van der Waals surface area contributed by atoms with Gasteiger partial charge in [-0.2, -0.15) is 0 Å². The molecule has 0 aliphatic carbocycles. The highest BCUT2D eigenvalue weighted by molar-refractivity contribution is 7.99. The van der Waals surface area contributed by atoms with Crippen molar-refractivity contribution in [1.29, 1.82) is 0 Å². The van der Waals surface area contributed by atoms with Crippen molar-refractivity contribution in [1.82, 2.24) is 20.1 Å². The van der Waals surface area contributed by atoms with Gasteiger partial charge in [-0.3, -0.25) is 14.7 Å². The van der Waals surface area contributed by atoms with Crippen LogP contribution in [0.25, 0.3) is 5.69 Å². The molecular weight excluding hydrogens is 446 g/mol. The number of nitrogens with zero attached hydrogens (tertiary/aromatic N) is 3. The minimum Gasteiger partial charge on any atom is -0.307 e. The number of nitrogens with one attached hydrogen (secondary N) is 2. The van der Waals surface area contributed by atoms with Crippen molar-refractivity contribution in [2.24, 2.45) is 0 Å². The third kappa shape index (κ3) is 5.90. The maximum absolute atomic E-state index is 12.5.